The van der Waals surface area contributed by atoms with Crippen LogP contribution in [0.3, 0.4) is 0 Å². The Labute approximate surface area is 121 Å². The first-order valence-corrected chi connectivity index (χ1v) is 7.81. The molecule has 0 radical (unpaired) electrons. The van der Waals surface area contributed by atoms with Crippen molar-refractivity contribution in [2.24, 2.45) is 11.7 Å². The summed E-state index contributed by atoms with van der Waals surface area (Å²) >= 11 is 0. The summed E-state index contributed by atoms with van der Waals surface area (Å²) in [5.41, 5.74) is 7.60. The van der Waals surface area contributed by atoms with Gasteiger partial charge in [0, 0.05) is 5.54 Å². The molecule has 2 aliphatic rings. The zero-order chi connectivity index (χ0) is 14.0. The van der Waals surface area contributed by atoms with Crippen molar-refractivity contribution in [3.05, 3.63) is 23.8 Å². The Morgan fingerprint density at radius 3 is 2.55 bits per heavy atom. The Balaban J connectivity index is 1.78. The lowest BCUT2D eigenvalue weighted by atomic mass is 9.77. The summed E-state index contributed by atoms with van der Waals surface area (Å²) in [7, 11) is 1.70. The maximum Gasteiger partial charge on any atom is 0.161 e. The van der Waals surface area contributed by atoms with Crippen LogP contribution >= 0.6 is 0 Å². The molecular formula is C17H25NO2. The van der Waals surface area contributed by atoms with E-state index in [4.69, 9.17) is 15.2 Å². The predicted octanol–water partition coefficient (Wildman–Crippen LogP) is 3.60. The van der Waals surface area contributed by atoms with Gasteiger partial charge in [-0.25, -0.2) is 0 Å². The number of hydrogen-bond donors (Lipinski definition) is 1. The van der Waals surface area contributed by atoms with E-state index in [1.165, 1.54) is 37.7 Å². The monoisotopic (exact) mass is 275 g/mol. The normalized spacial score (nSPS) is 21.5. The summed E-state index contributed by atoms with van der Waals surface area (Å²) in [4.78, 5) is 0. The fourth-order valence-corrected chi connectivity index (χ4v) is 3.06. The van der Waals surface area contributed by atoms with Gasteiger partial charge in [-0.05, 0) is 49.3 Å². The molecule has 3 rings (SSSR count). The first-order chi connectivity index (χ1) is 9.71. The number of benzene rings is 1. The zero-order valence-electron chi connectivity index (χ0n) is 12.4. The molecule has 1 aromatic carbocycles. The van der Waals surface area contributed by atoms with Gasteiger partial charge in [0.25, 0.3) is 0 Å². The first-order valence-electron chi connectivity index (χ1n) is 7.81. The number of hydrogen-bond acceptors (Lipinski definition) is 3. The summed E-state index contributed by atoms with van der Waals surface area (Å²) in [5.74, 6) is 2.42. The van der Waals surface area contributed by atoms with Crippen LogP contribution in [0.2, 0.25) is 0 Å². The highest BCUT2D eigenvalue weighted by atomic mass is 16.5. The molecule has 0 spiro atoms. The predicted molar refractivity (Wildman–Crippen MR) is 80.2 cm³/mol. The molecular weight excluding hydrogens is 250 g/mol. The zero-order valence-corrected chi connectivity index (χ0v) is 12.4. The third-order valence-corrected chi connectivity index (χ3v) is 4.66. The van der Waals surface area contributed by atoms with E-state index in [9.17, 15) is 0 Å². The minimum Gasteiger partial charge on any atom is -0.493 e. The summed E-state index contributed by atoms with van der Waals surface area (Å²) < 4.78 is 11.4. The molecule has 2 saturated carbocycles. The average Bonchev–Trinajstić information content (AvgIpc) is 3.30. The smallest absolute Gasteiger partial charge is 0.161 e. The number of methoxy groups -OCH3 is 1. The third kappa shape index (κ3) is 2.93. The van der Waals surface area contributed by atoms with Crippen molar-refractivity contribution in [1.29, 1.82) is 0 Å². The van der Waals surface area contributed by atoms with Crippen LogP contribution in [0.25, 0.3) is 0 Å². The third-order valence-electron chi connectivity index (χ3n) is 4.66. The van der Waals surface area contributed by atoms with Gasteiger partial charge in [-0.2, -0.15) is 0 Å². The van der Waals surface area contributed by atoms with E-state index in [1.54, 1.807) is 7.11 Å². The molecule has 3 heteroatoms. The number of nitrogens with two attached hydrogens (primary N) is 1. The molecule has 0 unspecified atom stereocenters. The van der Waals surface area contributed by atoms with Gasteiger partial charge in [-0.1, -0.05) is 25.3 Å². The second-order valence-electron chi connectivity index (χ2n) is 6.34. The average molecular weight is 275 g/mol. The highest BCUT2D eigenvalue weighted by molar-refractivity contribution is 5.45. The second kappa shape index (κ2) is 5.65. The molecule has 20 heavy (non-hydrogen) atoms. The lowest BCUT2D eigenvalue weighted by Gasteiger charge is -2.34. The molecule has 0 saturated heterocycles. The summed E-state index contributed by atoms with van der Waals surface area (Å²) in [6.07, 6.45) is 8.48. The van der Waals surface area contributed by atoms with Crippen molar-refractivity contribution in [2.45, 2.75) is 50.5 Å². The number of ether oxygens (including phenoxy) is 2. The van der Waals surface area contributed by atoms with E-state index in [0.717, 1.165) is 36.9 Å². The molecule has 110 valence electrons. The van der Waals surface area contributed by atoms with Crippen molar-refractivity contribution < 1.29 is 9.47 Å². The number of rotatable bonds is 5. The van der Waals surface area contributed by atoms with Gasteiger partial charge in [0.05, 0.1) is 13.7 Å². The molecule has 2 aliphatic carbocycles. The molecule has 0 aliphatic heterocycles. The van der Waals surface area contributed by atoms with Crippen molar-refractivity contribution in [2.75, 3.05) is 13.7 Å². The van der Waals surface area contributed by atoms with Crippen LogP contribution in [-0.4, -0.2) is 13.7 Å². The van der Waals surface area contributed by atoms with Gasteiger partial charge in [-0.15, -0.1) is 0 Å². The van der Waals surface area contributed by atoms with Crippen LogP contribution < -0.4 is 15.2 Å². The summed E-state index contributed by atoms with van der Waals surface area (Å²) in [5, 5.41) is 0. The Hall–Kier alpha value is -1.22. The van der Waals surface area contributed by atoms with Crippen molar-refractivity contribution in [3.63, 3.8) is 0 Å². The quantitative estimate of drug-likeness (QED) is 0.893. The highest BCUT2D eigenvalue weighted by Gasteiger charge is 2.30. The molecule has 1 aromatic rings. The van der Waals surface area contributed by atoms with Gasteiger partial charge < -0.3 is 15.2 Å². The molecule has 0 bridgehead atoms. The second-order valence-corrected chi connectivity index (χ2v) is 6.34. The van der Waals surface area contributed by atoms with Gasteiger partial charge in [0.15, 0.2) is 11.5 Å². The summed E-state index contributed by atoms with van der Waals surface area (Å²) in [6, 6.07) is 6.23. The highest BCUT2D eigenvalue weighted by Crippen LogP contribution is 2.39. The van der Waals surface area contributed by atoms with E-state index in [2.05, 4.69) is 12.1 Å². The van der Waals surface area contributed by atoms with Crippen LogP contribution in [0.4, 0.5) is 0 Å². The molecule has 3 nitrogen and oxygen atoms in total. The van der Waals surface area contributed by atoms with E-state index in [0.29, 0.717) is 0 Å². The Kier molecular flexibility index (Phi) is 3.88. The largest absolute Gasteiger partial charge is 0.493 e. The van der Waals surface area contributed by atoms with Crippen LogP contribution in [0.15, 0.2) is 18.2 Å². The lowest BCUT2D eigenvalue weighted by Crippen LogP contribution is -2.38. The maximum absolute atomic E-state index is 6.59. The molecule has 2 N–H and O–H groups in total. The van der Waals surface area contributed by atoms with Crippen molar-refractivity contribution >= 4 is 0 Å². The van der Waals surface area contributed by atoms with Crippen LogP contribution in [0, 0.1) is 5.92 Å². The molecule has 0 aromatic heterocycles. The van der Waals surface area contributed by atoms with Gasteiger partial charge in [0.1, 0.15) is 0 Å². The topological polar surface area (TPSA) is 44.5 Å². The Morgan fingerprint density at radius 2 is 1.90 bits per heavy atom. The first kappa shape index (κ1) is 13.7. The standard InChI is InChI=1S/C17H25NO2/c1-19-16-11-14(17(18)9-3-2-4-10-17)7-8-15(16)20-12-13-5-6-13/h7-8,11,13H,2-6,9-10,12,18H2,1H3. The van der Waals surface area contributed by atoms with Crippen LogP contribution in [0.1, 0.15) is 50.5 Å². The van der Waals surface area contributed by atoms with Gasteiger partial charge in [0.2, 0.25) is 0 Å². The Bertz CT molecular complexity index is 462. The SMILES string of the molecule is COc1cc(C2(N)CCCCC2)ccc1OCC1CC1. The van der Waals surface area contributed by atoms with E-state index in [-0.39, 0.29) is 5.54 Å². The van der Waals surface area contributed by atoms with E-state index < -0.39 is 0 Å². The fraction of sp³-hybridized carbons (Fsp3) is 0.647. The summed E-state index contributed by atoms with van der Waals surface area (Å²) in [6.45, 7) is 0.809. The van der Waals surface area contributed by atoms with Gasteiger partial charge in [-0.3, -0.25) is 0 Å². The van der Waals surface area contributed by atoms with E-state index >= 15 is 0 Å². The molecule has 0 amide bonds. The van der Waals surface area contributed by atoms with Crippen molar-refractivity contribution in [3.8, 4) is 11.5 Å². The molecule has 0 heterocycles. The molecule has 0 atom stereocenters. The maximum atomic E-state index is 6.59. The van der Waals surface area contributed by atoms with Crippen LogP contribution in [0.5, 0.6) is 11.5 Å². The van der Waals surface area contributed by atoms with Crippen molar-refractivity contribution in [1.82, 2.24) is 0 Å². The molecule has 2 fully saturated rings. The lowest BCUT2D eigenvalue weighted by molar-refractivity contribution is 0.276. The van der Waals surface area contributed by atoms with Crippen LogP contribution in [-0.2, 0) is 5.54 Å². The van der Waals surface area contributed by atoms with Gasteiger partial charge >= 0.3 is 0 Å². The fourth-order valence-electron chi connectivity index (χ4n) is 3.06. The minimum absolute atomic E-state index is 0.180. The van der Waals surface area contributed by atoms with E-state index in [1.807, 2.05) is 6.07 Å². The Morgan fingerprint density at radius 1 is 1.15 bits per heavy atom. The minimum atomic E-state index is -0.180.